The first-order valence-corrected chi connectivity index (χ1v) is 8.71. The van der Waals surface area contributed by atoms with Crippen molar-refractivity contribution in [3.63, 3.8) is 0 Å². The van der Waals surface area contributed by atoms with Crippen LogP contribution >= 0.6 is 34.7 Å². The Bertz CT molecular complexity index is 540. The van der Waals surface area contributed by atoms with E-state index in [2.05, 4.69) is 5.32 Å². The summed E-state index contributed by atoms with van der Waals surface area (Å²) in [7, 11) is 0. The summed E-state index contributed by atoms with van der Waals surface area (Å²) in [6.45, 7) is 2.01. The van der Waals surface area contributed by atoms with Gasteiger partial charge < -0.3 is 5.32 Å². The van der Waals surface area contributed by atoms with E-state index in [4.69, 9.17) is 11.6 Å². The molecule has 1 heterocycles. The Hall–Kier alpha value is -0.970. The average molecular weight is 326 g/mol. The van der Waals surface area contributed by atoms with Crippen molar-refractivity contribution < 1.29 is 4.79 Å². The zero-order chi connectivity index (χ0) is 14.4. The maximum Gasteiger partial charge on any atom is 0.230 e. The van der Waals surface area contributed by atoms with Gasteiger partial charge in [-0.2, -0.15) is 0 Å². The largest absolute Gasteiger partial charge is 0.348 e. The molecule has 0 saturated carbocycles. The Balaban J connectivity index is 1.71. The number of amides is 1. The molecule has 0 spiro atoms. The van der Waals surface area contributed by atoms with Gasteiger partial charge in [0.15, 0.2) is 0 Å². The second-order valence-electron chi connectivity index (χ2n) is 4.42. The highest BCUT2D eigenvalue weighted by Crippen LogP contribution is 2.19. The van der Waals surface area contributed by atoms with Gasteiger partial charge in [0, 0.05) is 15.7 Å². The van der Waals surface area contributed by atoms with E-state index in [0.717, 1.165) is 10.8 Å². The number of halogens is 1. The Kier molecular flexibility index (Phi) is 5.95. The van der Waals surface area contributed by atoms with Crippen LogP contribution in [0.2, 0.25) is 5.02 Å². The summed E-state index contributed by atoms with van der Waals surface area (Å²) in [5.74, 6) is 1.36. The molecule has 0 unspecified atom stereocenters. The molecule has 2 nitrogen and oxygen atoms in total. The number of carbonyl (C=O) groups excluding carboxylic acids is 1. The van der Waals surface area contributed by atoms with Crippen molar-refractivity contribution in [3.05, 3.63) is 57.2 Å². The summed E-state index contributed by atoms with van der Waals surface area (Å²) in [6.07, 6.45) is 0. The van der Waals surface area contributed by atoms with Crippen molar-refractivity contribution in [1.29, 1.82) is 0 Å². The summed E-state index contributed by atoms with van der Waals surface area (Å²) in [5.41, 5.74) is 1.18. The van der Waals surface area contributed by atoms with E-state index >= 15 is 0 Å². The minimum Gasteiger partial charge on any atom is -0.348 e. The van der Waals surface area contributed by atoms with Crippen LogP contribution in [-0.2, 0) is 10.5 Å². The minimum atomic E-state index is 0.0739. The van der Waals surface area contributed by atoms with Gasteiger partial charge in [-0.1, -0.05) is 29.8 Å². The third kappa shape index (κ3) is 4.85. The van der Waals surface area contributed by atoms with E-state index < -0.39 is 0 Å². The predicted molar refractivity (Wildman–Crippen MR) is 88.5 cm³/mol. The van der Waals surface area contributed by atoms with Crippen molar-refractivity contribution in [1.82, 2.24) is 5.32 Å². The number of carbonyl (C=O) groups is 1. The summed E-state index contributed by atoms with van der Waals surface area (Å²) in [4.78, 5) is 13.0. The van der Waals surface area contributed by atoms with E-state index in [9.17, 15) is 4.79 Å². The highest BCUT2D eigenvalue weighted by molar-refractivity contribution is 7.99. The molecule has 2 rings (SSSR count). The molecule has 20 heavy (non-hydrogen) atoms. The first-order chi connectivity index (χ1) is 9.65. The van der Waals surface area contributed by atoms with E-state index in [0.29, 0.717) is 5.75 Å². The SMILES string of the molecule is C[C@@H](NC(=O)CSCc1ccc(Cl)cc1)c1cccs1. The van der Waals surface area contributed by atoms with Crippen LogP contribution in [0.4, 0.5) is 0 Å². The lowest BCUT2D eigenvalue weighted by Crippen LogP contribution is -2.27. The van der Waals surface area contributed by atoms with Gasteiger partial charge in [0.1, 0.15) is 0 Å². The number of thiophene rings is 1. The summed E-state index contributed by atoms with van der Waals surface area (Å²) < 4.78 is 0. The van der Waals surface area contributed by atoms with Crippen molar-refractivity contribution >= 4 is 40.6 Å². The van der Waals surface area contributed by atoms with Gasteiger partial charge in [0.2, 0.25) is 5.91 Å². The normalized spacial score (nSPS) is 12.1. The van der Waals surface area contributed by atoms with Crippen LogP contribution in [0.5, 0.6) is 0 Å². The van der Waals surface area contributed by atoms with Crippen molar-refractivity contribution in [2.24, 2.45) is 0 Å². The molecule has 1 N–H and O–H groups in total. The maximum atomic E-state index is 11.8. The van der Waals surface area contributed by atoms with Gasteiger partial charge in [-0.15, -0.1) is 23.1 Å². The van der Waals surface area contributed by atoms with E-state index in [1.54, 1.807) is 23.1 Å². The average Bonchev–Trinajstić information content (AvgIpc) is 2.95. The third-order valence-electron chi connectivity index (χ3n) is 2.76. The third-order valence-corrected chi connectivity index (χ3v) is 5.07. The number of benzene rings is 1. The van der Waals surface area contributed by atoms with Gasteiger partial charge >= 0.3 is 0 Å². The second-order valence-corrected chi connectivity index (χ2v) is 6.83. The van der Waals surface area contributed by atoms with Gasteiger partial charge in [-0.25, -0.2) is 0 Å². The molecule has 0 radical (unpaired) electrons. The number of nitrogens with one attached hydrogen (secondary N) is 1. The molecule has 0 aliphatic carbocycles. The van der Waals surface area contributed by atoms with Crippen molar-refractivity contribution in [2.75, 3.05) is 5.75 Å². The van der Waals surface area contributed by atoms with Crippen LogP contribution in [0.1, 0.15) is 23.4 Å². The Morgan fingerprint density at radius 3 is 2.75 bits per heavy atom. The topological polar surface area (TPSA) is 29.1 Å². The highest BCUT2D eigenvalue weighted by Gasteiger charge is 2.10. The molecule has 1 atom stereocenters. The molecule has 0 aliphatic heterocycles. The minimum absolute atomic E-state index is 0.0739. The Morgan fingerprint density at radius 2 is 2.10 bits per heavy atom. The molecule has 106 valence electrons. The molecule has 0 aliphatic rings. The molecule has 1 aromatic carbocycles. The first-order valence-electron chi connectivity index (χ1n) is 6.30. The second kappa shape index (κ2) is 7.72. The molecular formula is C15H16ClNOS2. The zero-order valence-electron chi connectivity index (χ0n) is 11.1. The lowest BCUT2D eigenvalue weighted by atomic mass is 10.2. The van der Waals surface area contributed by atoms with E-state index in [-0.39, 0.29) is 11.9 Å². The lowest BCUT2D eigenvalue weighted by Gasteiger charge is -2.11. The number of hydrogen-bond donors (Lipinski definition) is 1. The predicted octanol–water partition coefficient (Wildman–Crippen LogP) is 4.51. The van der Waals surface area contributed by atoms with Crippen LogP contribution in [0.25, 0.3) is 0 Å². The van der Waals surface area contributed by atoms with Gasteiger partial charge in [0.25, 0.3) is 0 Å². The van der Waals surface area contributed by atoms with Crippen LogP contribution in [0.15, 0.2) is 41.8 Å². The standard InChI is InChI=1S/C15H16ClNOS2/c1-11(14-3-2-8-20-14)17-15(18)10-19-9-12-4-6-13(16)7-5-12/h2-8,11H,9-10H2,1H3,(H,17,18)/t11-/m1/s1. The summed E-state index contributed by atoms with van der Waals surface area (Å²) >= 11 is 9.10. The lowest BCUT2D eigenvalue weighted by molar-refractivity contribution is -0.119. The fourth-order valence-corrected chi connectivity index (χ4v) is 3.39. The van der Waals surface area contributed by atoms with Crippen LogP contribution < -0.4 is 5.32 Å². The molecule has 0 bridgehead atoms. The van der Waals surface area contributed by atoms with E-state index in [1.165, 1.54) is 10.4 Å². The van der Waals surface area contributed by atoms with Crippen molar-refractivity contribution in [3.8, 4) is 0 Å². The summed E-state index contributed by atoms with van der Waals surface area (Å²) in [5, 5.41) is 5.77. The first kappa shape index (κ1) is 15.4. The Labute approximate surface area is 132 Å². The van der Waals surface area contributed by atoms with Crippen LogP contribution in [0, 0.1) is 0 Å². The van der Waals surface area contributed by atoms with Gasteiger partial charge in [-0.3, -0.25) is 4.79 Å². The van der Waals surface area contributed by atoms with Gasteiger partial charge in [0.05, 0.1) is 11.8 Å². The molecule has 1 aromatic heterocycles. The molecule has 2 aromatic rings. The highest BCUT2D eigenvalue weighted by atomic mass is 35.5. The fraction of sp³-hybridized carbons (Fsp3) is 0.267. The number of thioether (sulfide) groups is 1. The fourth-order valence-electron chi connectivity index (χ4n) is 1.73. The molecule has 0 saturated heterocycles. The van der Waals surface area contributed by atoms with Crippen LogP contribution in [0.3, 0.4) is 0 Å². The number of hydrogen-bond acceptors (Lipinski definition) is 3. The quantitative estimate of drug-likeness (QED) is 0.846. The van der Waals surface area contributed by atoms with Crippen molar-refractivity contribution in [2.45, 2.75) is 18.7 Å². The molecule has 0 fully saturated rings. The van der Waals surface area contributed by atoms with Gasteiger partial charge in [-0.05, 0) is 36.1 Å². The smallest absolute Gasteiger partial charge is 0.230 e. The molecular weight excluding hydrogens is 310 g/mol. The molecule has 1 amide bonds. The van der Waals surface area contributed by atoms with E-state index in [1.807, 2.05) is 48.7 Å². The number of rotatable bonds is 6. The monoisotopic (exact) mass is 325 g/mol. The van der Waals surface area contributed by atoms with Crippen LogP contribution in [-0.4, -0.2) is 11.7 Å². The molecule has 5 heteroatoms. The zero-order valence-corrected chi connectivity index (χ0v) is 13.5. The summed E-state index contributed by atoms with van der Waals surface area (Å²) in [6, 6.07) is 11.8. The Morgan fingerprint density at radius 1 is 1.35 bits per heavy atom. The maximum absolute atomic E-state index is 11.8.